The van der Waals surface area contributed by atoms with E-state index in [1.807, 2.05) is 0 Å². The lowest BCUT2D eigenvalue weighted by atomic mass is 9.74. The molecule has 4 unspecified atom stereocenters. The van der Waals surface area contributed by atoms with Gasteiger partial charge in [-0.25, -0.2) is 0 Å². The van der Waals surface area contributed by atoms with Crippen LogP contribution in [-0.4, -0.2) is 19.8 Å². The minimum Gasteiger partial charge on any atom is -0.418 e. The maximum atomic E-state index is 7.33. The fraction of sp³-hybridized carbons (Fsp3) is 0.679. The lowest BCUT2D eigenvalue weighted by Crippen LogP contribution is -2.19. The normalized spacial score (nSPS) is 13.3. The first-order valence-corrected chi connectivity index (χ1v) is 54.3. The van der Waals surface area contributed by atoms with Gasteiger partial charge in [-0.3, -0.25) is 13.6 Å². The first-order chi connectivity index (χ1) is 59.9. The molecule has 0 spiro atoms. The predicted octanol–water partition coefficient (Wildman–Crippen LogP) is 38.2. The Labute approximate surface area is 766 Å². The van der Waals surface area contributed by atoms with Gasteiger partial charge in [0.1, 0.15) is 34.5 Å². The van der Waals surface area contributed by atoms with Gasteiger partial charge >= 0.3 is 25.8 Å². The van der Waals surface area contributed by atoms with Crippen molar-refractivity contribution >= 4 is 25.8 Å². The molecule has 0 aliphatic carbocycles. The minimum absolute atomic E-state index is 0.0762. The molecule has 0 heterocycles. The monoisotopic (exact) mass is 1760 g/mol. The molecule has 0 saturated heterocycles. The summed E-state index contributed by atoms with van der Waals surface area (Å²) in [5.41, 5.74) is 13.8. The molecular formula is C112H181O9P3. The van der Waals surface area contributed by atoms with Gasteiger partial charge in [0.2, 0.25) is 0 Å². The molecule has 6 rings (SSSR count). The summed E-state index contributed by atoms with van der Waals surface area (Å²) in [7, 11) is -5.49. The Bertz CT molecular complexity index is 3560. The van der Waals surface area contributed by atoms with Crippen molar-refractivity contribution in [1.82, 2.24) is 0 Å². The van der Waals surface area contributed by atoms with Crippen LogP contribution in [0.15, 0.2) is 109 Å². The van der Waals surface area contributed by atoms with Crippen molar-refractivity contribution in [2.75, 3.05) is 19.8 Å². The Morgan fingerprint density at radius 2 is 0.460 bits per heavy atom. The van der Waals surface area contributed by atoms with Crippen LogP contribution in [0.5, 0.6) is 34.5 Å². The third kappa shape index (κ3) is 43.3. The molecule has 0 amide bonds. The highest BCUT2D eigenvalue weighted by Gasteiger charge is 2.35. The largest absolute Gasteiger partial charge is 0.463 e. The van der Waals surface area contributed by atoms with Crippen molar-refractivity contribution in [3.63, 3.8) is 0 Å². The molecule has 0 radical (unpaired) electrons. The van der Waals surface area contributed by atoms with E-state index >= 15 is 0 Å². The van der Waals surface area contributed by atoms with Crippen LogP contribution < -0.4 is 27.1 Å². The number of benzene rings is 6. The van der Waals surface area contributed by atoms with Crippen molar-refractivity contribution in [3.05, 3.63) is 176 Å². The van der Waals surface area contributed by atoms with Gasteiger partial charge in [0.05, 0.1) is 19.8 Å². The van der Waals surface area contributed by atoms with Crippen LogP contribution >= 0.6 is 25.8 Å². The fourth-order valence-corrected chi connectivity index (χ4v) is 20.2. The van der Waals surface area contributed by atoms with Crippen LogP contribution in [0.4, 0.5) is 0 Å². The van der Waals surface area contributed by atoms with Crippen LogP contribution in [0, 0.1) is 20.8 Å². The SMILES string of the molecule is CCCCCCCCCCOP(Oc1ccc(CCCCCCCCC)cc1)Oc1cc(C)c(C(C)CC(c2cc(C(C)(C)C)c(OP(OCCCCCCCCCC)Oc3ccc(CCCCCCCCC)cc3)cc2C)c2cc(C(C)(C)C)c(OP(OCCCCCCCCCC)Oc3ccc(CCCCCCCCC)cc3)cc2C)cc1C(C)(C)C. The summed E-state index contributed by atoms with van der Waals surface area (Å²) in [6.07, 6.45) is 60.6. The van der Waals surface area contributed by atoms with Crippen LogP contribution in [-0.2, 0) is 49.1 Å². The second kappa shape index (κ2) is 62.6. The Kier molecular flexibility index (Phi) is 54.5. The summed E-state index contributed by atoms with van der Waals surface area (Å²) in [6, 6.07) is 40.6. The number of aryl methyl sites for hydroxylation is 6. The quantitative estimate of drug-likeness (QED) is 0.0274. The van der Waals surface area contributed by atoms with Gasteiger partial charge in [0.15, 0.2) is 0 Å². The molecule has 0 fully saturated rings. The van der Waals surface area contributed by atoms with Crippen molar-refractivity contribution in [1.29, 1.82) is 0 Å². The molecule has 0 bridgehead atoms. The van der Waals surface area contributed by atoms with E-state index in [2.05, 4.69) is 241 Å². The summed E-state index contributed by atoms with van der Waals surface area (Å²) in [6.45, 7) is 45.7. The average Bonchev–Trinajstić information content (AvgIpc) is 0.764. The smallest absolute Gasteiger partial charge is 0.418 e. The molecule has 6 aromatic rings. The van der Waals surface area contributed by atoms with Gasteiger partial charge in [-0.2, -0.15) is 0 Å². The summed E-state index contributed by atoms with van der Waals surface area (Å²) in [4.78, 5) is 0. The number of rotatable bonds is 71. The highest BCUT2D eigenvalue weighted by molar-refractivity contribution is 7.43. The molecule has 0 N–H and O–H groups in total. The van der Waals surface area contributed by atoms with Crippen molar-refractivity contribution in [2.24, 2.45) is 0 Å². The van der Waals surface area contributed by atoms with Gasteiger partial charge in [0, 0.05) is 22.6 Å². The van der Waals surface area contributed by atoms with Gasteiger partial charge in [0.25, 0.3) is 0 Å². The topological polar surface area (TPSA) is 83.1 Å². The summed E-state index contributed by atoms with van der Waals surface area (Å²) >= 11 is 0. The van der Waals surface area contributed by atoms with E-state index in [1.54, 1.807) is 0 Å². The molecule has 0 aliphatic heterocycles. The Morgan fingerprint density at radius 1 is 0.250 bits per heavy atom. The van der Waals surface area contributed by atoms with Crippen LogP contribution in [0.1, 0.15) is 485 Å². The highest BCUT2D eigenvalue weighted by atomic mass is 31.2. The Hall–Kier alpha value is -4.71. The molecule has 6 aromatic carbocycles. The Balaban J connectivity index is 1.45. The van der Waals surface area contributed by atoms with E-state index in [0.29, 0.717) is 19.8 Å². The van der Waals surface area contributed by atoms with Crippen LogP contribution in [0.2, 0.25) is 0 Å². The van der Waals surface area contributed by atoms with Gasteiger partial charge in [-0.15, -0.1) is 0 Å². The van der Waals surface area contributed by atoms with Crippen molar-refractivity contribution in [3.8, 4) is 34.5 Å². The molecule has 124 heavy (non-hydrogen) atoms. The molecule has 0 saturated carbocycles. The molecule has 12 heteroatoms. The molecular weight excluding hydrogens is 1580 g/mol. The van der Waals surface area contributed by atoms with E-state index < -0.39 is 25.8 Å². The third-order valence-corrected chi connectivity index (χ3v) is 28.3. The third-order valence-electron chi connectivity index (χ3n) is 25.0. The second-order valence-corrected chi connectivity index (χ2v) is 43.0. The zero-order valence-corrected chi connectivity index (χ0v) is 85.5. The summed E-state index contributed by atoms with van der Waals surface area (Å²) in [5, 5.41) is 0. The zero-order valence-electron chi connectivity index (χ0n) is 82.8. The lowest BCUT2D eigenvalue weighted by molar-refractivity contribution is 0.256. The van der Waals surface area contributed by atoms with E-state index in [4.69, 9.17) is 40.7 Å². The minimum atomic E-state index is -1.84. The maximum Gasteiger partial charge on any atom is 0.463 e. The standard InChI is InChI=1S/C112H181O9P3/c1-20-26-32-38-44-50-56-62-80-113-122(116-97-74-68-94(69-75-97)65-59-53-47-41-35-29-23-4)119-107-84-91(8)100(87-104(107)110(11,12)13)90(7)83-103(101-88-105(111(14,15)16)108(85-92(101)9)120-123(114-81-63-57-51-45-39-33-27-21-2)117-98-76-70-95(71-77-98)66-60-54-48-42-36-30-24-5)102-89-106(112(17,18)19)109(86-93(102)10)121-124(115-82-64-58-52-46-40-34-28-22-3)118-99-78-72-96(73-79-99)67-61-55-49-43-37-31-25-6/h68-79,84-90,103H,20-67,80-83H2,1-19H3. The number of hydrogen-bond acceptors (Lipinski definition) is 9. The second-order valence-electron chi connectivity index (χ2n) is 39.7. The van der Waals surface area contributed by atoms with E-state index in [9.17, 15) is 0 Å². The number of unbranched alkanes of at least 4 members (excludes halogenated alkanes) is 39. The fourth-order valence-electron chi connectivity index (χ4n) is 17.1. The summed E-state index contributed by atoms with van der Waals surface area (Å²) in [5.74, 6) is 4.76. The first kappa shape index (κ1) is 108. The molecule has 698 valence electrons. The van der Waals surface area contributed by atoms with Gasteiger partial charge < -0.3 is 27.1 Å². The zero-order chi connectivity index (χ0) is 89.6. The van der Waals surface area contributed by atoms with E-state index in [0.717, 1.165) is 127 Å². The van der Waals surface area contributed by atoms with Gasteiger partial charge in [-0.1, -0.05) is 416 Å². The van der Waals surface area contributed by atoms with Crippen molar-refractivity contribution < 1.29 is 40.7 Å². The maximum absolute atomic E-state index is 7.33. The molecule has 4 atom stereocenters. The lowest BCUT2D eigenvalue weighted by Gasteiger charge is -2.33. The Morgan fingerprint density at radius 3 is 0.694 bits per heavy atom. The van der Waals surface area contributed by atoms with Crippen LogP contribution in [0.25, 0.3) is 0 Å². The number of hydrogen-bond donors (Lipinski definition) is 0. The molecule has 0 aliphatic rings. The van der Waals surface area contributed by atoms with Gasteiger partial charge in [-0.05, 0) is 212 Å². The average molecular weight is 1760 g/mol. The highest BCUT2D eigenvalue weighted by Crippen LogP contribution is 2.53. The summed E-state index contributed by atoms with van der Waals surface area (Å²) < 4.78 is 63.2. The first-order valence-electron chi connectivity index (χ1n) is 51.0. The molecule has 0 aromatic heterocycles. The van der Waals surface area contributed by atoms with Crippen LogP contribution in [0.3, 0.4) is 0 Å². The van der Waals surface area contributed by atoms with E-state index in [1.165, 1.54) is 289 Å². The van der Waals surface area contributed by atoms with Crippen molar-refractivity contribution in [2.45, 2.75) is 474 Å². The molecule has 9 nitrogen and oxygen atoms in total. The van der Waals surface area contributed by atoms with E-state index in [-0.39, 0.29) is 28.1 Å². The predicted molar refractivity (Wildman–Crippen MR) is 539 cm³/mol.